The van der Waals surface area contributed by atoms with E-state index in [-0.39, 0.29) is 5.78 Å². The maximum Gasteiger partial charge on any atom is 0.308 e. The van der Waals surface area contributed by atoms with Gasteiger partial charge in [0.2, 0.25) is 11.8 Å². The molecule has 0 saturated carbocycles. The first-order valence-electron chi connectivity index (χ1n) is 10.7. The lowest BCUT2D eigenvalue weighted by atomic mass is 9.86. The molecule has 2 amide bonds. The van der Waals surface area contributed by atoms with Crippen molar-refractivity contribution in [2.45, 2.75) is 19.0 Å². The SMILES string of the molecule is COc1ccccc1N1C(=O)[C@@H]2[C@H](C1=O)[C@H](C(=O)c1ccc(OC(C)=O)cc1)N1N=CC=C[C@@H]21. The number of allylic oxidation sites excluding steroid dienone is 1. The van der Waals surface area contributed by atoms with E-state index < -0.39 is 41.7 Å². The van der Waals surface area contributed by atoms with Gasteiger partial charge in [-0.15, -0.1) is 0 Å². The van der Waals surface area contributed by atoms with Crippen LogP contribution < -0.4 is 14.4 Å². The molecule has 172 valence electrons. The van der Waals surface area contributed by atoms with E-state index in [0.29, 0.717) is 22.7 Å². The van der Waals surface area contributed by atoms with E-state index in [1.165, 1.54) is 44.5 Å². The quantitative estimate of drug-likeness (QED) is 0.292. The van der Waals surface area contributed by atoms with Crippen molar-refractivity contribution >= 4 is 35.5 Å². The Morgan fingerprint density at radius 2 is 1.68 bits per heavy atom. The Kier molecular flexibility index (Phi) is 5.24. The van der Waals surface area contributed by atoms with Gasteiger partial charge in [-0.3, -0.25) is 24.2 Å². The number of carbonyl (C=O) groups excluding carboxylic acids is 4. The second-order valence-corrected chi connectivity index (χ2v) is 8.18. The minimum Gasteiger partial charge on any atom is -0.495 e. The fourth-order valence-corrected chi connectivity index (χ4v) is 4.91. The van der Waals surface area contributed by atoms with Gasteiger partial charge in [-0.1, -0.05) is 18.2 Å². The highest BCUT2D eigenvalue weighted by atomic mass is 16.5. The van der Waals surface area contributed by atoms with Crippen molar-refractivity contribution < 1.29 is 28.7 Å². The molecule has 3 aliphatic rings. The molecule has 0 unspecified atom stereocenters. The maximum absolute atomic E-state index is 13.7. The highest BCUT2D eigenvalue weighted by Crippen LogP contribution is 2.47. The van der Waals surface area contributed by atoms with E-state index in [1.807, 2.05) is 0 Å². The first-order chi connectivity index (χ1) is 16.4. The fourth-order valence-electron chi connectivity index (χ4n) is 4.91. The van der Waals surface area contributed by atoms with Gasteiger partial charge in [-0.2, -0.15) is 5.10 Å². The number of methoxy groups -OCH3 is 1. The van der Waals surface area contributed by atoms with Gasteiger partial charge in [0, 0.05) is 18.7 Å². The lowest BCUT2D eigenvalue weighted by Crippen LogP contribution is -2.46. The van der Waals surface area contributed by atoms with Crippen LogP contribution in [0.1, 0.15) is 17.3 Å². The van der Waals surface area contributed by atoms with Crippen LogP contribution in [-0.4, -0.2) is 54.0 Å². The second kappa shape index (κ2) is 8.26. The molecule has 3 heterocycles. The summed E-state index contributed by atoms with van der Waals surface area (Å²) in [7, 11) is 1.47. The molecular formula is C25H21N3O6. The number of carbonyl (C=O) groups is 4. The normalized spacial score (nSPS) is 24.8. The van der Waals surface area contributed by atoms with Gasteiger partial charge in [0.05, 0.1) is 30.7 Å². The van der Waals surface area contributed by atoms with Crippen LogP contribution in [0.5, 0.6) is 11.5 Å². The first kappa shape index (κ1) is 21.6. The Hall–Kier alpha value is -4.27. The van der Waals surface area contributed by atoms with Crippen molar-refractivity contribution in [1.82, 2.24) is 5.01 Å². The molecule has 0 radical (unpaired) electrons. The number of benzene rings is 2. The van der Waals surface area contributed by atoms with E-state index in [4.69, 9.17) is 9.47 Å². The molecule has 0 N–H and O–H groups in total. The van der Waals surface area contributed by atoms with E-state index >= 15 is 0 Å². The summed E-state index contributed by atoms with van der Waals surface area (Å²) in [6.07, 6.45) is 5.04. The smallest absolute Gasteiger partial charge is 0.308 e. The molecule has 2 fully saturated rings. The number of para-hydroxylation sites is 2. The molecule has 0 aromatic heterocycles. The number of ketones is 1. The summed E-state index contributed by atoms with van der Waals surface area (Å²) >= 11 is 0. The van der Waals surface area contributed by atoms with Crippen molar-refractivity contribution in [1.29, 1.82) is 0 Å². The molecule has 2 aromatic rings. The Morgan fingerprint density at radius 3 is 2.38 bits per heavy atom. The van der Waals surface area contributed by atoms with Crippen LogP contribution in [0.25, 0.3) is 0 Å². The van der Waals surface area contributed by atoms with E-state index in [2.05, 4.69) is 5.10 Å². The molecule has 4 atom stereocenters. The van der Waals surface area contributed by atoms with Crippen molar-refractivity contribution in [2.75, 3.05) is 12.0 Å². The number of hydrogen-bond donors (Lipinski definition) is 0. The van der Waals surface area contributed by atoms with Crippen LogP contribution in [0.15, 0.2) is 65.8 Å². The number of esters is 1. The summed E-state index contributed by atoms with van der Waals surface area (Å²) in [5.41, 5.74) is 0.669. The summed E-state index contributed by atoms with van der Waals surface area (Å²) in [6.45, 7) is 1.29. The maximum atomic E-state index is 13.7. The average molecular weight is 459 g/mol. The van der Waals surface area contributed by atoms with Crippen molar-refractivity contribution in [3.63, 3.8) is 0 Å². The standard InChI is InChI=1S/C25H21N3O6/c1-14(29)34-16-11-9-15(10-12-16)23(30)22-21-20(18-7-5-13-26-28(18)22)24(31)27(25(21)32)17-6-3-4-8-19(17)33-2/h3-13,18,20-22H,1-2H3/t18-,20-,21-,22+/m0/s1. The van der Waals surface area contributed by atoms with Crippen LogP contribution >= 0.6 is 0 Å². The Labute approximate surface area is 195 Å². The van der Waals surface area contributed by atoms with Gasteiger partial charge in [0.25, 0.3) is 0 Å². The highest BCUT2D eigenvalue weighted by Gasteiger charge is 2.64. The van der Waals surface area contributed by atoms with Crippen LogP contribution in [0.3, 0.4) is 0 Å². The van der Waals surface area contributed by atoms with Gasteiger partial charge in [-0.25, -0.2) is 4.90 Å². The third-order valence-corrected chi connectivity index (χ3v) is 6.29. The largest absolute Gasteiger partial charge is 0.495 e. The van der Waals surface area contributed by atoms with Crippen molar-refractivity contribution in [3.05, 3.63) is 66.2 Å². The first-order valence-corrected chi connectivity index (χ1v) is 10.7. The summed E-state index contributed by atoms with van der Waals surface area (Å²) in [4.78, 5) is 53.2. The number of anilines is 1. The predicted molar refractivity (Wildman–Crippen MR) is 122 cm³/mol. The van der Waals surface area contributed by atoms with E-state index in [1.54, 1.807) is 41.4 Å². The molecule has 0 bridgehead atoms. The topological polar surface area (TPSA) is 106 Å². The molecule has 5 rings (SSSR count). The van der Waals surface area contributed by atoms with Crippen LogP contribution in [0, 0.1) is 11.8 Å². The van der Waals surface area contributed by atoms with Crippen LogP contribution in [0.2, 0.25) is 0 Å². The zero-order valence-electron chi connectivity index (χ0n) is 18.5. The van der Waals surface area contributed by atoms with Crippen LogP contribution in [0.4, 0.5) is 5.69 Å². The van der Waals surface area contributed by atoms with Gasteiger partial charge >= 0.3 is 5.97 Å². The lowest BCUT2D eigenvalue weighted by Gasteiger charge is -2.30. The zero-order valence-corrected chi connectivity index (χ0v) is 18.5. The number of ether oxygens (including phenoxy) is 2. The minimum absolute atomic E-state index is 0.305. The molecule has 0 spiro atoms. The third kappa shape index (κ3) is 3.28. The number of hydrazone groups is 1. The number of Topliss-reactive ketones (excluding diaryl/α,β-unsaturated/α-hetero) is 1. The Morgan fingerprint density at radius 1 is 0.971 bits per heavy atom. The van der Waals surface area contributed by atoms with E-state index in [9.17, 15) is 19.2 Å². The molecular weight excluding hydrogens is 438 g/mol. The second-order valence-electron chi connectivity index (χ2n) is 8.18. The molecule has 9 nitrogen and oxygen atoms in total. The van der Waals surface area contributed by atoms with Gasteiger partial charge < -0.3 is 9.47 Å². The van der Waals surface area contributed by atoms with Gasteiger partial charge in [-0.05, 0) is 42.5 Å². The molecule has 34 heavy (non-hydrogen) atoms. The molecule has 2 saturated heterocycles. The molecule has 3 aliphatic heterocycles. The Balaban J connectivity index is 1.53. The van der Waals surface area contributed by atoms with E-state index in [0.717, 1.165) is 4.90 Å². The summed E-state index contributed by atoms with van der Waals surface area (Å²) in [5, 5.41) is 5.89. The zero-order chi connectivity index (χ0) is 24.0. The van der Waals surface area contributed by atoms with Crippen LogP contribution in [-0.2, 0) is 14.4 Å². The molecule has 2 aromatic carbocycles. The number of nitrogens with zero attached hydrogens (tertiary/aromatic N) is 3. The third-order valence-electron chi connectivity index (χ3n) is 6.29. The monoisotopic (exact) mass is 459 g/mol. The minimum atomic E-state index is -0.966. The highest BCUT2D eigenvalue weighted by molar-refractivity contribution is 6.25. The molecule has 0 aliphatic carbocycles. The number of fused-ring (bicyclic) bond motifs is 3. The van der Waals surface area contributed by atoms with Gasteiger partial charge in [0.15, 0.2) is 5.78 Å². The lowest BCUT2D eigenvalue weighted by molar-refractivity contribution is -0.132. The number of hydrogen-bond acceptors (Lipinski definition) is 8. The fraction of sp³-hybridized carbons (Fsp3) is 0.240. The van der Waals surface area contributed by atoms with Crippen molar-refractivity contribution in [3.8, 4) is 11.5 Å². The number of amides is 2. The van der Waals surface area contributed by atoms with Crippen molar-refractivity contribution in [2.24, 2.45) is 16.9 Å². The Bertz CT molecular complexity index is 1250. The number of rotatable bonds is 5. The summed E-state index contributed by atoms with van der Waals surface area (Å²) < 4.78 is 10.4. The average Bonchev–Trinajstić information content (AvgIpc) is 3.31. The summed E-state index contributed by atoms with van der Waals surface area (Å²) in [5.74, 6) is -2.65. The summed E-state index contributed by atoms with van der Waals surface area (Å²) in [6, 6.07) is 11.4. The number of imide groups is 1. The molecule has 9 heteroatoms. The predicted octanol–water partition coefficient (Wildman–Crippen LogP) is 2.22. The van der Waals surface area contributed by atoms with Gasteiger partial charge in [0.1, 0.15) is 17.5 Å².